The molecular formula is C22H27NO5S. The molecule has 5 atom stereocenters. The van der Waals surface area contributed by atoms with Crippen molar-refractivity contribution in [2.75, 3.05) is 5.75 Å². The number of hydrogen-bond acceptors (Lipinski definition) is 6. The van der Waals surface area contributed by atoms with Crippen LogP contribution in [0.5, 0.6) is 0 Å². The van der Waals surface area contributed by atoms with E-state index in [4.69, 9.17) is 20.9 Å². The number of terminal acetylenes is 1. The average molecular weight is 418 g/mol. The van der Waals surface area contributed by atoms with Crippen LogP contribution in [-0.4, -0.2) is 49.8 Å². The first-order chi connectivity index (χ1) is 13.9. The molecule has 2 aliphatic rings. The first kappa shape index (κ1) is 21.7. The van der Waals surface area contributed by atoms with Crippen LogP contribution in [0.4, 0.5) is 0 Å². The van der Waals surface area contributed by atoms with Crippen molar-refractivity contribution < 1.29 is 24.5 Å². The van der Waals surface area contributed by atoms with Gasteiger partial charge in [-0.1, -0.05) is 18.1 Å². The number of hydrogen-bond donors (Lipinski definition) is 3. The maximum absolute atomic E-state index is 10.6. The van der Waals surface area contributed by atoms with E-state index in [2.05, 4.69) is 5.92 Å². The molecule has 5 unspecified atom stereocenters. The SMILES string of the molecule is C#CC12CC(O)C(/C=C/C(O)CCc3ccco3)C1CC(SCCCC(=O)O)=N2. The van der Waals surface area contributed by atoms with E-state index in [-0.39, 0.29) is 18.3 Å². The van der Waals surface area contributed by atoms with Crippen LogP contribution in [0.15, 0.2) is 40.0 Å². The third-order valence-corrected chi connectivity index (χ3v) is 6.72. The van der Waals surface area contributed by atoms with Crippen molar-refractivity contribution in [1.29, 1.82) is 0 Å². The maximum Gasteiger partial charge on any atom is 0.303 e. The van der Waals surface area contributed by atoms with Gasteiger partial charge in [-0.25, -0.2) is 0 Å². The number of aliphatic hydroxyl groups is 2. The Morgan fingerprint density at radius 3 is 3.07 bits per heavy atom. The van der Waals surface area contributed by atoms with Crippen LogP contribution >= 0.6 is 11.8 Å². The van der Waals surface area contributed by atoms with Crippen LogP contribution in [0.25, 0.3) is 0 Å². The third-order valence-electron chi connectivity index (χ3n) is 5.64. The van der Waals surface area contributed by atoms with Crippen molar-refractivity contribution in [2.24, 2.45) is 16.8 Å². The minimum atomic E-state index is -0.796. The van der Waals surface area contributed by atoms with Crippen LogP contribution < -0.4 is 0 Å². The molecular weight excluding hydrogens is 390 g/mol. The minimum Gasteiger partial charge on any atom is -0.481 e. The van der Waals surface area contributed by atoms with Gasteiger partial charge >= 0.3 is 5.97 Å². The van der Waals surface area contributed by atoms with Gasteiger partial charge in [-0.2, -0.15) is 0 Å². The van der Waals surface area contributed by atoms with Gasteiger partial charge < -0.3 is 19.7 Å². The predicted molar refractivity (Wildman–Crippen MR) is 113 cm³/mol. The molecule has 1 saturated carbocycles. The van der Waals surface area contributed by atoms with Gasteiger partial charge in [-0.05, 0) is 30.7 Å². The second-order valence-electron chi connectivity index (χ2n) is 7.65. The summed E-state index contributed by atoms with van der Waals surface area (Å²) in [6, 6.07) is 3.70. The van der Waals surface area contributed by atoms with E-state index in [9.17, 15) is 15.0 Å². The molecule has 0 amide bonds. The molecule has 6 nitrogen and oxygen atoms in total. The quantitative estimate of drug-likeness (QED) is 0.324. The van der Waals surface area contributed by atoms with E-state index in [0.717, 1.165) is 10.8 Å². The normalized spacial score (nSPS) is 29.6. The number of aryl methyl sites for hydroxylation is 1. The fourth-order valence-corrected chi connectivity index (χ4v) is 5.19. The van der Waals surface area contributed by atoms with E-state index < -0.39 is 23.7 Å². The summed E-state index contributed by atoms with van der Waals surface area (Å²) < 4.78 is 5.28. The predicted octanol–water partition coefficient (Wildman–Crippen LogP) is 2.90. The standard InChI is InChI=1S/C22H27NO5S/c1-2-22-14-19(25)17(10-8-15(24)7-9-16-5-3-11-28-16)18(22)13-20(23-22)29-12-4-6-21(26)27/h1,3,5,8,10-11,15,17-19,24-25H,4,6-7,9,12-14H2,(H,26,27)/b10-8+. The summed E-state index contributed by atoms with van der Waals surface area (Å²) in [6.45, 7) is 0. The Hall–Kier alpha value is -2.01. The number of rotatable bonds is 9. The molecule has 2 heterocycles. The Balaban J connectivity index is 1.57. The molecule has 29 heavy (non-hydrogen) atoms. The highest BCUT2D eigenvalue weighted by molar-refractivity contribution is 8.13. The lowest BCUT2D eigenvalue weighted by atomic mass is 9.83. The molecule has 1 aromatic rings. The van der Waals surface area contributed by atoms with Gasteiger partial charge in [0.15, 0.2) is 0 Å². The second kappa shape index (κ2) is 9.66. The molecule has 1 fully saturated rings. The molecule has 156 valence electrons. The van der Waals surface area contributed by atoms with Crippen LogP contribution in [0.1, 0.15) is 37.9 Å². The minimum absolute atomic E-state index is 0.00185. The van der Waals surface area contributed by atoms with Crippen molar-refractivity contribution in [3.8, 4) is 12.3 Å². The Kier molecular flexibility index (Phi) is 7.23. The smallest absolute Gasteiger partial charge is 0.303 e. The number of nitrogens with zero attached hydrogens (tertiary/aromatic N) is 1. The average Bonchev–Trinajstić information content (AvgIpc) is 3.37. The number of thioether (sulfide) groups is 1. The number of fused-ring (bicyclic) bond motifs is 1. The first-order valence-corrected chi connectivity index (χ1v) is 10.9. The van der Waals surface area contributed by atoms with Crippen molar-refractivity contribution in [2.45, 2.75) is 56.3 Å². The summed E-state index contributed by atoms with van der Waals surface area (Å²) >= 11 is 1.56. The molecule has 1 aliphatic heterocycles. The second-order valence-corrected chi connectivity index (χ2v) is 8.82. The zero-order valence-corrected chi connectivity index (χ0v) is 17.1. The van der Waals surface area contributed by atoms with Gasteiger partial charge in [0.2, 0.25) is 0 Å². The lowest BCUT2D eigenvalue weighted by molar-refractivity contribution is -0.137. The third kappa shape index (κ3) is 5.33. The van der Waals surface area contributed by atoms with Crippen molar-refractivity contribution in [3.63, 3.8) is 0 Å². The van der Waals surface area contributed by atoms with Gasteiger partial charge in [0.1, 0.15) is 11.3 Å². The topological polar surface area (TPSA) is 103 Å². The summed E-state index contributed by atoms with van der Waals surface area (Å²) in [7, 11) is 0. The van der Waals surface area contributed by atoms with E-state index in [1.54, 1.807) is 24.1 Å². The van der Waals surface area contributed by atoms with Crippen LogP contribution in [-0.2, 0) is 11.2 Å². The Bertz CT molecular complexity index is 797. The zero-order chi connectivity index (χ0) is 20.9. The fourth-order valence-electron chi connectivity index (χ4n) is 4.15. The van der Waals surface area contributed by atoms with Crippen molar-refractivity contribution >= 4 is 22.8 Å². The molecule has 7 heteroatoms. The van der Waals surface area contributed by atoms with Gasteiger partial charge in [-0.3, -0.25) is 9.79 Å². The number of carboxylic acid groups (broad SMARTS) is 1. The van der Waals surface area contributed by atoms with E-state index in [0.29, 0.717) is 37.9 Å². The van der Waals surface area contributed by atoms with E-state index >= 15 is 0 Å². The number of carbonyl (C=O) groups is 1. The zero-order valence-electron chi connectivity index (χ0n) is 16.2. The number of furan rings is 1. The van der Waals surface area contributed by atoms with Crippen molar-refractivity contribution in [3.05, 3.63) is 36.3 Å². The number of aliphatic imine (C=N–C) groups is 1. The summed E-state index contributed by atoms with van der Waals surface area (Å²) in [4.78, 5) is 15.4. The number of carboxylic acids is 1. The van der Waals surface area contributed by atoms with Gasteiger partial charge in [0.25, 0.3) is 0 Å². The lowest BCUT2D eigenvalue weighted by Gasteiger charge is -2.21. The van der Waals surface area contributed by atoms with E-state index in [1.807, 2.05) is 18.2 Å². The lowest BCUT2D eigenvalue weighted by Crippen LogP contribution is -2.27. The van der Waals surface area contributed by atoms with Gasteiger partial charge in [0, 0.05) is 37.5 Å². The summed E-state index contributed by atoms with van der Waals surface area (Å²) in [5.74, 6) is 3.37. The molecule has 3 N–H and O–H groups in total. The Morgan fingerprint density at radius 2 is 2.38 bits per heavy atom. The molecule has 1 aliphatic carbocycles. The van der Waals surface area contributed by atoms with Crippen LogP contribution in [0.3, 0.4) is 0 Å². The fraction of sp³-hybridized carbons (Fsp3) is 0.545. The number of aliphatic carboxylic acids is 1. The van der Waals surface area contributed by atoms with Crippen LogP contribution in [0.2, 0.25) is 0 Å². The van der Waals surface area contributed by atoms with E-state index in [1.165, 1.54) is 0 Å². The molecule has 0 saturated heterocycles. The molecule has 0 spiro atoms. The highest BCUT2D eigenvalue weighted by Gasteiger charge is 2.55. The van der Waals surface area contributed by atoms with Crippen LogP contribution in [0, 0.1) is 24.2 Å². The molecule has 1 aromatic heterocycles. The van der Waals surface area contributed by atoms with Crippen molar-refractivity contribution in [1.82, 2.24) is 0 Å². The van der Waals surface area contributed by atoms with Gasteiger partial charge in [0.05, 0.1) is 23.5 Å². The molecule has 3 rings (SSSR count). The Labute approximate surface area is 175 Å². The summed E-state index contributed by atoms with van der Waals surface area (Å²) in [6.07, 6.45) is 12.8. The molecule has 0 radical (unpaired) electrons. The largest absolute Gasteiger partial charge is 0.481 e. The highest BCUT2D eigenvalue weighted by atomic mass is 32.2. The maximum atomic E-state index is 10.6. The Morgan fingerprint density at radius 1 is 1.55 bits per heavy atom. The summed E-state index contributed by atoms with van der Waals surface area (Å²) in [5.41, 5.74) is -0.706. The highest BCUT2D eigenvalue weighted by Crippen LogP contribution is 2.50. The molecule has 0 bridgehead atoms. The number of aliphatic hydroxyl groups excluding tert-OH is 2. The van der Waals surface area contributed by atoms with Gasteiger partial charge in [-0.15, -0.1) is 18.2 Å². The molecule has 0 aromatic carbocycles. The first-order valence-electron chi connectivity index (χ1n) is 9.91. The summed E-state index contributed by atoms with van der Waals surface area (Å²) in [5, 5.41) is 30.5. The monoisotopic (exact) mass is 417 g/mol.